The molecule has 10 nitrogen and oxygen atoms in total. The van der Waals surface area contributed by atoms with Crippen LogP contribution in [0.5, 0.6) is 0 Å². The van der Waals surface area contributed by atoms with Crippen molar-refractivity contribution in [2.45, 2.75) is 13.1 Å². The summed E-state index contributed by atoms with van der Waals surface area (Å²) >= 11 is 0. The van der Waals surface area contributed by atoms with Gasteiger partial charge in [0.2, 0.25) is 11.6 Å². The minimum atomic E-state index is -4.49. The number of hydrogen-bond donors (Lipinski definition) is 1. The van der Waals surface area contributed by atoms with Crippen molar-refractivity contribution < 1.29 is 27.6 Å². The number of piperazine rings is 1. The lowest BCUT2D eigenvalue weighted by Gasteiger charge is -2.34. The van der Waals surface area contributed by atoms with E-state index in [1.165, 1.54) is 4.90 Å². The average molecular weight is 440 g/mol. The molecule has 1 amide bonds. The lowest BCUT2D eigenvalue weighted by Crippen LogP contribution is -2.49. The number of rotatable bonds is 5. The lowest BCUT2D eigenvalue weighted by molar-refractivity contribution is -0.383. The SMILES string of the molecule is CCOC(=O)N1CCN(c2ncnc(Nc3ccc(C(F)(F)F)cc3)c2[N+](=O)[O-])CC1. The number of alkyl halides is 3. The van der Waals surface area contributed by atoms with Crippen LogP contribution in [0.4, 0.5) is 41.0 Å². The van der Waals surface area contributed by atoms with Gasteiger partial charge in [-0.3, -0.25) is 10.1 Å². The number of hydrogen-bond acceptors (Lipinski definition) is 8. The molecule has 1 aromatic heterocycles. The second-order valence-corrected chi connectivity index (χ2v) is 6.52. The Morgan fingerprint density at radius 2 is 1.84 bits per heavy atom. The Hall–Kier alpha value is -3.64. The van der Waals surface area contributed by atoms with E-state index in [2.05, 4.69) is 15.3 Å². The fourth-order valence-electron chi connectivity index (χ4n) is 3.06. The maximum absolute atomic E-state index is 12.7. The number of amides is 1. The number of aromatic nitrogens is 2. The average Bonchev–Trinajstić information content (AvgIpc) is 2.73. The highest BCUT2D eigenvalue weighted by Gasteiger charge is 2.32. The Kier molecular flexibility index (Phi) is 6.42. The minimum Gasteiger partial charge on any atom is -0.450 e. The molecule has 0 bridgehead atoms. The monoisotopic (exact) mass is 440 g/mol. The van der Waals surface area contributed by atoms with Gasteiger partial charge in [0.15, 0.2) is 0 Å². The highest BCUT2D eigenvalue weighted by Crippen LogP contribution is 2.35. The molecule has 1 aromatic carbocycles. The molecule has 2 heterocycles. The number of nitro groups is 1. The highest BCUT2D eigenvalue weighted by molar-refractivity contribution is 5.75. The van der Waals surface area contributed by atoms with Gasteiger partial charge < -0.3 is 19.9 Å². The molecule has 1 N–H and O–H groups in total. The first-order valence-corrected chi connectivity index (χ1v) is 9.31. The summed E-state index contributed by atoms with van der Waals surface area (Å²) < 4.78 is 43.1. The molecule has 1 aliphatic rings. The van der Waals surface area contributed by atoms with Gasteiger partial charge >= 0.3 is 18.0 Å². The molecule has 0 saturated carbocycles. The number of carbonyl (C=O) groups is 1. The molecule has 1 aliphatic heterocycles. The second-order valence-electron chi connectivity index (χ2n) is 6.52. The van der Waals surface area contributed by atoms with Crippen molar-refractivity contribution in [3.05, 3.63) is 46.3 Å². The van der Waals surface area contributed by atoms with Crippen molar-refractivity contribution in [2.75, 3.05) is 43.0 Å². The van der Waals surface area contributed by atoms with E-state index in [0.29, 0.717) is 13.1 Å². The third-order valence-corrected chi connectivity index (χ3v) is 4.57. The van der Waals surface area contributed by atoms with Crippen molar-refractivity contribution in [3.8, 4) is 0 Å². The molecular formula is C18H19F3N6O4. The smallest absolute Gasteiger partial charge is 0.416 e. The Morgan fingerprint density at radius 1 is 1.19 bits per heavy atom. The van der Waals surface area contributed by atoms with E-state index in [1.807, 2.05) is 0 Å². The standard InChI is InChI=1S/C18H19F3N6O4/c1-2-31-17(28)26-9-7-25(8-10-26)16-14(27(29)30)15(22-11-23-16)24-13-5-3-12(4-6-13)18(19,20)21/h3-6,11H,2,7-10H2,1H3,(H,22,23,24). The molecule has 1 fully saturated rings. The van der Waals surface area contributed by atoms with Crippen molar-refractivity contribution in [2.24, 2.45) is 0 Å². The highest BCUT2D eigenvalue weighted by atomic mass is 19.4. The number of carbonyl (C=O) groups excluding carboxylic acids is 1. The van der Waals surface area contributed by atoms with Crippen LogP contribution in [0, 0.1) is 10.1 Å². The molecular weight excluding hydrogens is 421 g/mol. The van der Waals surface area contributed by atoms with Crippen molar-refractivity contribution in [1.29, 1.82) is 0 Å². The largest absolute Gasteiger partial charge is 0.450 e. The number of ether oxygens (including phenoxy) is 1. The van der Waals surface area contributed by atoms with Crippen LogP contribution in [0.15, 0.2) is 30.6 Å². The van der Waals surface area contributed by atoms with Crippen LogP contribution in [-0.2, 0) is 10.9 Å². The van der Waals surface area contributed by atoms with Crippen LogP contribution in [0.3, 0.4) is 0 Å². The maximum Gasteiger partial charge on any atom is 0.416 e. The fraction of sp³-hybridized carbons (Fsp3) is 0.389. The van der Waals surface area contributed by atoms with Gasteiger partial charge in [-0.2, -0.15) is 13.2 Å². The molecule has 0 unspecified atom stereocenters. The van der Waals surface area contributed by atoms with Gasteiger partial charge in [-0.05, 0) is 31.2 Å². The molecule has 1 saturated heterocycles. The van der Waals surface area contributed by atoms with E-state index in [9.17, 15) is 28.1 Å². The van der Waals surface area contributed by atoms with Crippen LogP contribution in [0.2, 0.25) is 0 Å². The molecule has 13 heteroatoms. The normalized spacial score (nSPS) is 14.3. The summed E-state index contributed by atoms with van der Waals surface area (Å²) in [5.74, 6) is -0.0968. The van der Waals surface area contributed by atoms with E-state index in [1.54, 1.807) is 11.8 Å². The third kappa shape index (κ3) is 5.10. The van der Waals surface area contributed by atoms with Crippen LogP contribution in [0.1, 0.15) is 12.5 Å². The second kappa shape index (κ2) is 9.02. The first-order chi connectivity index (χ1) is 14.7. The zero-order valence-corrected chi connectivity index (χ0v) is 16.4. The zero-order valence-electron chi connectivity index (χ0n) is 16.4. The Balaban J connectivity index is 1.80. The summed E-state index contributed by atoms with van der Waals surface area (Å²) in [6.45, 7) is 3.11. The first-order valence-electron chi connectivity index (χ1n) is 9.31. The summed E-state index contributed by atoms with van der Waals surface area (Å²) in [4.78, 5) is 34.0. The molecule has 0 aliphatic carbocycles. The summed E-state index contributed by atoms with van der Waals surface area (Å²) in [7, 11) is 0. The van der Waals surface area contributed by atoms with Crippen LogP contribution >= 0.6 is 0 Å². The van der Waals surface area contributed by atoms with Gasteiger partial charge in [0.25, 0.3) is 0 Å². The molecule has 2 aromatic rings. The molecule has 0 radical (unpaired) electrons. The van der Waals surface area contributed by atoms with E-state index in [4.69, 9.17) is 4.74 Å². The summed E-state index contributed by atoms with van der Waals surface area (Å²) in [5.41, 5.74) is -1.05. The number of anilines is 3. The molecule has 166 valence electrons. The third-order valence-electron chi connectivity index (χ3n) is 4.57. The predicted octanol–water partition coefficient (Wildman–Crippen LogP) is 3.43. The number of benzene rings is 1. The predicted molar refractivity (Wildman–Crippen MR) is 104 cm³/mol. The molecule has 3 rings (SSSR count). The van der Waals surface area contributed by atoms with Gasteiger partial charge in [-0.1, -0.05) is 0 Å². The van der Waals surface area contributed by atoms with Crippen molar-refractivity contribution >= 4 is 29.1 Å². The van der Waals surface area contributed by atoms with Gasteiger partial charge in [-0.25, -0.2) is 14.8 Å². The van der Waals surface area contributed by atoms with Crippen molar-refractivity contribution in [3.63, 3.8) is 0 Å². The Bertz CT molecular complexity index is 946. The Labute approximate surface area is 174 Å². The van der Waals surface area contributed by atoms with E-state index in [-0.39, 0.29) is 37.0 Å². The summed E-state index contributed by atoms with van der Waals surface area (Å²) in [6.07, 6.45) is -3.81. The van der Waals surface area contributed by atoms with Gasteiger partial charge in [0, 0.05) is 31.9 Å². The summed E-state index contributed by atoms with van der Waals surface area (Å²) in [6, 6.07) is 4.05. The van der Waals surface area contributed by atoms with Crippen LogP contribution < -0.4 is 10.2 Å². The molecule has 0 spiro atoms. The molecule has 31 heavy (non-hydrogen) atoms. The number of nitrogens with one attached hydrogen (secondary N) is 1. The fourth-order valence-corrected chi connectivity index (χ4v) is 3.06. The van der Waals surface area contributed by atoms with Crippen molar-refractivity contribution in [1.82, 2.24) is 14.9 Å². The van der Waals surface area contributed by atoms with E-state index in [0.717, 1.165) is 30.6 Å². The number of halogens is 3. The molecule has 0 atom stereocenters. The quantitative estimate of drug-likeness (QED) is 0.556. The Morgan fingerprint density at radius 3 is 2.39 bits per heavy atom. The topological polar surface area (TPSA) is 114 Å². The van der Waals surface area contributed by atoms with Crippen LogP contribution in [-0.4, -0.2) is 58.7 Å². The van der Waals surface area contributed by atoms with Gasteiger partial charge in [0.05, 0.1) is 17.1 Å². The van der Waals surface area contributed by atoms with Gasteiger partial charge in [0.1, 0.15) is 6.33 Å². The maximum atomic E-state index is 12.7. The minimum absolute atomic E-state index is 0.0536. The van der Waals surface area contributed by atoms with E-state index < -0.39 is 28.4 Å². The lowest BCUT2D eigenvalue weighted by atomic mass is 10.2. The van der Waals surface area contributed by atoms with Gasteiger partial charge in [-0.15, -0.1) is 0 Å². The van der Waals surface area contributed by atoms with Crippen LogP contribution in [0.25, 0.3) is 0 Å². The summed E-state index contributed by atoms with van der Waals surface area (Å²) in [5, 5.41) is 14.4. The zero-order chi connectivity index (χ0) is 22.6. The van der Waals surface area contributed by atoms with E-state index >= 15 is 0 Å². The number of nitrogens with zero attached hydrogens (tertiary/aromatic N) is 5. The first kappa shape index (κ1) is 22.1.